The van der Waals surface area contributed by atoms with Gasteiger partial charge >= 0.3 is 0 Å². The molecule has 18 heavy (non-hydrogen) atoms. The molecule has 2 rings (SSSR count). The quantitative estimate of drug-likeness (QED) is 0.904. The summed E-state index contributed by atoms with van der Waals surface area (Å²) in [4.78, 5) is 1.25. The third kappa shape index (κ3) is 2.65. The molecule has 2 heterocycles. The van der Waals surface area contributed by atoms with Crippen LogP contribution in [0.4, 0.5) is 0 Å². The number of halogens is 1. The van der Waals surface area contributed by atoms with E-state index in [4.69, 9.17) is 5.73 Å². The van der Waals surface area contributed by atoms with Crippen molar-refractivity contribution in [3.8, 4) is 0 Å². The zero-order valence-corrected chi connectivity index (χ0v) is 13.4. The lowest BCUT2D eigenvalue weighted by Gasteiger charge is -2.15. The van der Waals surface area contributed by atoms with Crippen LogP contribution in [0.2, 0.25) is 0 Å². The molecule has 0 aromatic carbocycles. The molecule has 102 valence electrons. The average molecular weight is 353 g/mol. The van der Waals surface area contributed by atoms with E-state index < -0.39 is 10.0 Å². The topological polar surface area (TPSA) is 63.4 Å². The van der Waals surface area contributed by atoms with Gasteiger partial charge in [-0.25, -0.2) is 8.42 Å². The SMILES string of the molecule is CCC1CCN(S(=O)(=O)c2cc(CN)sc2Br)C1. The van der Waals surface area contributed by atoms with E-state index in [1.165, 1.54) is 11.3 Å². The number of hydrogen-bond acceptors (Lipinski definition) is 4. The minimum Gasteiger partial charge on any atom is -0.326 e. The van der Waals surface area contributed by atoms with Gasteiger partial charge in [0.05, 0.1) is 3.79 Å². The molecule has 0 aliphatic carbocycles. The Morgan fingerprint density at radius 2 is 2.33 bits per heavy atom. The second kappa shape index (κ2) is 5.58. The lowest BCUT2D eigenvalue weighted by atomic mass is 10.1. The molecule has 4 nitrogen and oxygen atoms in total. The number of thiophene rings is 1. The lowest BCUT2D eigenvalue weighted by Crippen LogP contribution is -2.28. The normalized spacial score (nSPS) is 21.6. The van der Waals surface area contributed by atoms with Crippen LogP contribution in [0.1, 0.15) is 24.6 Å². The summed E-state index contributed by atoms with van der Waals surface area (Å²) in [7, 11) is -3.36. The van der Waals surface area contributed by atoms with Crippen LogP contribution in [0.25, 0.3) is 0 Å². The third-order valence-corrected chi connectivity index (χ3v) is 7.49. The number of nitrogens with zero attached hydrogens (tertiary/aromatic N) is 1. The van der Waals surface area contributed by atoms with Crippen LogP contribution in [0.5, 0.6) is 0 Å². The summed E-state index contributed by atoms with van der Waals surface area (Å²) in [5, 5.41) is 0. The molecule has 2 N–H and O–H groups in total. The first-order valence-electron chi connectivity index (χ1n) is 5.97. The summed E-state index contributed by atoms with van der Waals surface area (Å²) in [5.41, 5.74) is 5.55. The molecule has 0 radical (unpaired) electrons. The smallest absolute Gasteiger partial charge is 0.245 e. The van der Waals surface area contributed by atoms with Crippen LogP contribution in [-0.4, -0.2) is 25.8 Å². The first-order valence-corrected chi connectivity index (χ1v) is 9.02. The summed E-state index contributed by atoms with van der Waals surface area (Å²) < 4.78 is 27.3. The van der Waals surface area contributed by atoms with E-state index >= 15 is 0 Å². The van der Waals surface area contributed by atoms with E-state index in [1.807, 2.05) is 0 Å². The molecular formula is C11H17BrN2O2S2. The van der Waals surface area contributed by atoms with Crippen LogP contribution in [-0.2, 0) is 16.6 Å². The van der Waals surface area contributed by atoms with Crippen molar-refractivity contribution in [3.63, 3.8) is 0 Å². The van der Waals surface area contributed by atoms with Gasteiger partial charge in [0.2, 0.25) is 10.0 Å². The molecule has 0 spiro atoms. The van der Waals surface area contributed by atoms with Crippen molar-refractivity contribution in [2.24, 2.45) is 11.7 Å². The van der Waals surface area contributed by atoms with Gasteiger partial charge in [0.25, 0.3) is 0 Å². The van der Waals surface area contributed by atoms with E-state index in [1.54, 1.807) is 10.4 Å². The Morgan fingerprint density at radius 1 is 1.61 bits per heavy atom. The summed E-state index contributed by atoms with van der Waals surface area (Å²) >= 11 is 4.72. The molecule has 1 aromatic heterocycles. The highest BCUT2D eigenvalue weighted by atomic mass is 79.9. The molecule has 7 heteroatoms. The van der Waals surface area contributed by atoms with Crippen molar-refractivity contribution in [2.75, 3.05) is 13.1 Å². The molecule has 1 aliphatic rings. The van der Waals surface area contributed by atoms with Gasteiger partial charge in [0.1, 0.15) is 4.90 Å². The molecular weight excluding hydrogens is 336 g/mol. The Balaban J connectivity index is 2.28. The molecule has 1 atom stereocenters. The number of nitrogens with two attached hydrogens (primary N) is 1. The zero-order valence-electron chi connectivity index (χ0n) is 10.2. The summed E-state index contributed by atoms with van der Waals surface area (Å²) in [6.45, 7) is 3.74. The van der Waals surface area contributed by atoms with Gasteiger partial charge < -0.3 is 5.73 Å². The Morgan fingerprint density at radius 3 is 2.83 bits per heavy atom. The molecule has 0 saturated carbocycles. The summed E-state index contributed by atoms with van der Waals surface area (Å²) in [5.74, 6) is 0.492. The predicted molar refractivity (Wildman–Crippen MR) is 77.1 cm³/mol. The standard InChI is InChI=1S/C11H17BrN2O2S2/c1-2-8-3-4-14(7-8)18(15,16)10-5-9(6-13)17-11(10)12/h5,8H,2-4,6-7,13H2,1H3. The van der Waals surface area contributed by atoms with Crippen molar-refractivity contribution in [2.45, 2.75) is 31.2 Å². The maximum atomic E-state index is 12.5. The van der Waals surface area contributed by atoms with Crippen molar-refractivity contribution < 1.29 is 8.42 Å². The number of rotatable bonds is 4. The van der Waals surface area contributed by atoms with Crippen molar-refractivity contribution in [3.05, 3.63) is 14.7 Å². The first-order chi connectivity index (χ1) is 8.48. The first kappa shape index (κ1) is 14.5. The summed E-state index contributed by atoms with van der Waals surface area (Å²) in [6, 6.07) is 1.68. The highest BCUT2D eigenvalue weighted by molar-refractivity contribution is 9.11. The molecule has 1 aromatic rings. The lowest BCUT2D eigenvalue weighted by molar-refractivity contribution is 0.453. The number of hydrogen-bond donors (Lipinski definition) is 1. The molecule has 1 aliphatic heterocycles. The maximum absolute atomic E-state index is 12.5. The largest absolute Gasteiger partial charge is 0.326 e. The van der Waals surface area contributed by atoms with Crippen LogP contribution < -0.4 is 5.73 Å². The Hall–Kier alpha value is 0.0500. The molecule has 0 amide bonds. The highest BCUT2D eigenvalue weighted by Gasteiger charge is 2.33. The Kier molecular flexibility index (Phi) is 4.48. The monoisotopic (exact) mass is 352 g/mol. The predicted octanol–water partition coefficient (Wildman–Crippen LogP) is 2.39. The molecule has 0 bridgehead atoms. The van der Waals surface area contributed by atoms with E-state index in [9.17, 15) is 8.42 Å². The zero-order chi connectivity index (χ0) is 13.3. The second-order valence-corrected chi connectivity index (χ2v) is 8.84. The van der Waals surface area contributed by atoms with Gasteiger partial charge in [0, 0.05) is 24.5 Å². The van der Waals surface area contributed by atoms with E-state index in [2.05, 4.69) is 22.9 Å². The number of sulfonamides is 1. The van der Waals surface area contributed by atoms with E-state index in [-0.39, 0.29) is 0 Å². The fourth-order valence-corrected chi connectivity index (χ4v) is 6.20. The third-order valence-electron chi connectivity index (χ3n) is 3.35. The van der Waals surface area contributed by atoms with Crippen molar-refractivity contribution in [1.29, 1.82) is 0 Å². The highest BCUT2D eigenvalue weighted by Crippen LogP contribution is 2.35. The van der Waals surface area contributed by atoms with E-state index in [0.29, 0.717) is 34.2 Å². The fourth-order valence-electron chi connectivity index (χ4n) is 2.16. The van der Waals surface area contributed by atoms with Crippen LogP contribution in [0.3, 0.4) is 0 Å². The van der Waals surface area contributed by atoms with Crippen LogP contribution >= 0.6 is 27.3 Å². The maximum Gasteiger partial charge on any atom is 0.245 e. The molecule has 1 fully saturated rings. The van der Waals surface area contributed by atoms with Crippen LogP contribution in [0.15, 0.2) is 14.7 Å². The Labute approximate surface area is 120 Å². The van der Waals surface area contributed by atoms with Gasteiger partial charge in [-0.05, 0) is 34.3 Å². The Bertz CT molecular complexity index is 527. The molecule has 1 saturated heterocycles. The van der Waals surface area contributed by atoms with Crippen molar-refractivity contribution in [1.82, 2.24) is 4.31 Å². The van der Waals surface area contributed by atoms with Crippen molar-refractivity contribution >= 4 is 37.3 Å². The van der Waals surface area contributed by atoms with Gasteiger partial charge in [-0.3, -0.25) is 0 Å². The summed E-state index contributed by atoms with van der Waals surface area (Å²) in [6.07, 6.45) is 1.99. The van der Waals surface area contributed by atoms with Gasteiger partial charge in [-0.15, -0.1) is 11.3 Å². The molecule has 1 unspecified atom stereocenters. The minimum absolute atomic E-state index is 0.365. The average Bonchev–Trinajstić information content (AvgIpc) is 2.95. The van der Waals surface area contributed by atoms with Gasteiger partial charge in [-0.2, -0.15) is 4.31 Å². The van der Waals surface area contributed by atoms with Gasteiger partial charge in [-0.1, -0.05) is 13.3 Å². The second-order valence-electron chi connectivity index (χ2n) is 4.48. The fraction of sp³-hybridized carbons (Fsp3) is 0.636. The van der Waals surface area contributed by atoms with E-state index in [0.717, 1.165) is 17.7 Å². The minimum atomic E-state index is -3.36. The van der Waals surface area contributed by atoms with Gasteiger partial charge in [0.15, 0.2) is 0 Å². The van der Waals surface area contributed by atoms with Crippen LogP contribution in [0, 0.1) is 5.92 Å².